The van der Waals surface area contributed by atoms with E-state index in [1.54, 1.807) is 4.90 Å². The molecule has 2 aromatic rings. The molecule has 0 saturated carbocycles. The third kappa shape index (κ3) is 6.65. The Kier molecular flexibility index (Phi) is 8.34. The Morgan fingerprint density at radius 1 is 1.05 bits per heavy atom. The van der Waals surface area contributed by atoms with Crippen molar-refractivity contribution in [2.75, 3.05) is 32.8 Å². The molecule has 0 aliphatic carbocycles. The zero-order chi connectivity index (χ0) is 27.7. The number of rotatable bonds is 6. The van der Waals surface area contributed by atoms with Crippen LogP contribution in [0.3, 0.4) is 0 Å². The highest BCUT2D eigenvalue weighted by molar-refractivity contribution is 5.79. The third-order valence-corrected chi connectivity index (χ3v) is 6.89. The van der Waals surface area contributed by atoms with E-state index in [1.165, 1.54) is 31.2 Å². The number of halogens is 7. The molecule has 2 heterocycles. The second-order valence-corrected chi connectivity index (χ2v) is 9.50. The van der Waals surface area contributed by atoms with Crippen LogP contribution in [0.5, 0.6) is 0 Å². The Morgan fingerprint density at radius 2 is 1.68 bits per heavy atom. The lowest BCUT2D eigenvalue weighted by Gasteiger charge is -2.42. The molecule has 2 aliphatic rings. The third-order valence-electron chi connectivity index (χ3n) is 6.89. The van der Waals surface area contributed by atoms with Crippen molar-refractivity contribution in [2.45, 2.75) is 44.0 Å². The number of hydrogen-bond acceptors (Lipinski definition) is 4. The zero-order valence-corrected chi connectivity index (χ0v) is 20.4. The van der Waals surface area contributed by atoms with E-state index in [0.717, 1.165) is 0 Å². The van der Waals surface area contributed by atoms with Gasteiger partial charge in [-0.1, -0.05) is 12.1 Å². The number of carbonyl (C=O) groups is 1. The fraction of sp³-hybridized carbons (Fsp3) is 0.500. The van der Waals surface area contributed by atoms with Crippen LogP contribution in [0, 0.1) is 11.7 Å². The van der Waals surface area contributed by atoms with E-state index in [0.29, 0.717) is 43.8 Å². The molecule has 38 heavy (non-hydrogen) atoms. The summed E-state index contributed by atoms with van der Waals surface area (Å²) in [7, 11) is 0. The first-order chi connectivity index (χ1) is 17.8. The first-order valence-corrected chi connectivity index (χ1v) is 12.1. The van der Waals surface area contributed by atoms with Crippen LogP contribution in [0.2, 0.25) is 0 Å². The van der Waals surface area contributed by atoms with E-state index >= 15 is 0 Å². The van der Waals surface area contributed by atoms with Crippen molar-refractivity contribution in [1.29, 1.82) is 0 Å². The molecule has 1 unspecified atom stereocenters. The minimum Gasteiger partial charge on any atom is -0.352 e. The largest absolute Gasteiger partial charge is 0.416 e. The lowest BCUT2D eigenvalue weighted by Crippen LogP contribution is -2.51. The van der Waals surface area contributed by atoms with E-state index in [-0.39, 0.29) is 36.6 Å². The summed E-state index contributed by atoms with van der Waals surface area (Å²) >= 11 is 0. The molecule has 0 radical (unpaired) electrons. The maximum atomic E-state index is 13.7. The number of amides is 1. The number of piperazine rings is 1. The highest BCUT2D eigenvalue weighted by Gasteiger charge is 2.41. The van der Waals surface area contributed by atoms with Crippen molar-refractivity contribution in [3.05, 3.63) is 70.5 Å². The minimum atomic E-state index is -4.99. The molecule has 0 bridgehead atoms. The Morgan fingerprint density at radius 3 is 2.26 bits per heavy atom. The van der Waals surface area contributed by atoms with Gasteiger partial charge in [0.25, 0.3) is 0 Å². The van der Waals surface area contributed by atoms with E-state index in [9.17, 15) is 35.5 Å². The molecule has 1 N–H and O–H groups in total. The van der Waals surface area contributed by atoms with Crippen LogP contribution in [-0.2, 0) is 26.6 Å². The van der Waals surface area contributed by atoms with Crippen molar-refractivity contribution in [1.82, 2.24) is 10.2 Å². The quantitative estimate of drug-likeness (QED) is 0.484. The maximum absolute atomic E-state index is 13.7. The van der Waals surface area contributed by atoms with E-state index in [4.69, 9.17) is 9.47 Å². The van der Waals surface area contributed by atoms with Gasteiger partial charge in [0.15, 0.2) is 6.29 Å². The van der Waals surface area contributed by atoms with Crippen molar-refractivity contribution in [3.63, 3.8) is 0 Å². The standard InChI is InChI=1S/C26H27F7N2O3/c1-15(18-10-19(25(28,29)30)12-20(11-18)26(31,32)33)38-24-23(16-2-4-21(27)5-3-16)17(6-9-37-24)14-35-8-7-34-13-22(35)36/h2-5,10-12,15,17,23-24,34H,6-9,13-14H2,1H3/t15?,17-,23-,24+/m0/s1. The number of nitrogens with zero attached hydrogens (tertiary/aromatic N) is 1. The van der Waals surface area contributed by atoms with Gasteiger partial charge in [0.2, 0.25) is 5.91 Å². The Labute approximate surface area is 214 Å². The van der Waals surface area contributed by atoms with Crippen LogP contribution >= 0.6 is 0 Å². The van der Waals surface area contributed by atoms with Crippen molar-refractivity contribution in [3.8, 4) is 0 Å². The van der Waals surface area contributed by atoms with Crippen LogP contribution in [0.1, 0.15) is 47.6 Å². The van der Waals surface area contributed by atoms with Gasteiger partial charge in [-0.3, -0.25) is 4.79 Å². The first-order valence-electron chi connectivity index (χ1n) is 12.1. The predicted octanol–water partition coefficient (Wildman–Crippen LogP) is 5.52. The second-order valence-electron chi connectivity index (χ2n) is 9.50. The minimum absolute atomic E-state index is 0.0646. The van der Waals surface area contributed by atoms with Gasteiger partial charge < -0.3 is 19.7 Å². The summed E-state index contributed by atoms with van der Waals surface area (Å²) in [5.41, 5.74) is -2.57. The number of ether oxygens (including phenoxy) is 2. The average molecular weight is 548 g/mol. The summed E-state index contributed by atoms with van der Waals surface area (Å²) in [4.78, 5) is 14.1. The Hall–Kier alpha value is -2.70. The molecule has 2 saturated heterocycles. The molecule has 2 aliphatic heterocycles. The van der Waals surface area contributed by atoms with Crippen LogP contribution in [0.25, 0.3) is 0 Å². The zero-order valence-electron chi connectivity index (χ0n) is 20.4. The number of carbonyl (C=O) groups excluding carboxylic acids is 1. The molecule has 208 valence electrons. The summed E-state index contributed by atoms with van der Waals surface area (Å²) < 4.78 is 106. The summed E-state index contributed by atoms with van der Waals surface area (Å²) in [5, 5.41) is 2.99. The molecule has 0 spiro atoms. The monoisotopic (exact) mass is 548 g/mol. The predicted molar refractivity (Wildman–Crippen MR) is 122 cm³/mol. The highest BCUT2D eigenvalue weighted by atomic mass is 19.4. The summed E-state index contributed by atoms with van der Waals surface area (Å²) in [6, 6.07) is 6.90. The molecular weight excluding hydrogens is 521 g/mol. The van der Waals surface area contributed by atoms with Gasteiger partial charge in [-0.2, -0.15) is 26.3 Å². The van der Waals surface area contributed by atoms with Gasteiger partial charge >= 0.3 is 12.4 Å². The van der Waals surface area contributed by atoms with Gasteiger partial charge in [-0.25, -0.2) is 4.39 Å². The van der Waals surface area contributed by atoms with Gasteiger partial charge in [-0.15, -0.1) is 0 Å². The number of nitrogens with one attached hydrogen (secondary N) is 1. The van der Waals surface area contributed by atoms with E-state index in [1.807, 2.05) is 0 Å². The molecule has 2 fully saturated rings. The topological polar surface area (TPSA) is 50.8 Å². The molecule has 5 nitrogen and oxygen atoms in total. The summed E-state index contributed by atoms with van der Waals surface area (Å²) in [6.07, 6.45) is -11.7. The average Bonchev–Trinajstić information content (AvgIpc) is 2.85. The van der Waals surface area contributed by atoms with E-state index < -0.39 is 47.6 Å². The smallest absolute Gasteiger partial charge is 0.352 e. The Bertz CT molecular complexity index is 1090. The second kappa shape index (κ2) is 11.2. The summed E-state index contributed by atoms with van der Waals surface area (Å²) in [5.74, 6) is -1.33. The molecule has 2 aromatic carbocycles. The molecule has 1 amide bonds. The molecule has 0 aromatic heterocycles. The van der Waals surface area contributed by atoms with Crippen molar-refractivity contribution < 1.29 is 45.0 Å². The van der Waals surface area contributed by atoms with Gasteiger partial charge in [-0.05, 0) is 60.7 Å². The molecule has 4 rings (SSSR count). The van der Waals surface area contributed by atoms with Gasteiger partial charge in [0, 0.05) is 25.6 Å². The SMILES string of the molecule is CC(O[C@H]1OCC[C@@H](CN2CCNCC2=O)[C@@H]1c1ccc(F)cc1)c1cc(C(F)(F)F)cc(C(F)(F)F)c1. The van der Waals surface area contributed by atoms with Crippen molar-refractivity contribution in [2.24, 2.45) is 5.92 Å². The lowest BCUT2D eigenvalue weighted by molar-refractivity contribution is -0.210. The fourth-order valence-corrected chi connectivity index (χ4v) is 4.90. The molecule has 12 heteroatoms. The molecular formula is C26H27F7N2O3. The lowest BCUT2D eigenvalue weighted by atomic mass is 9.81. The number of benzene rings is 2. The van der Waals surface area contributed by atoms with Gasteiger partial charge in [0.05, 0.1) is 30.4 Å². The van der Waals surface area contributed by atoms with Crippen LogP contribution in [0.15, 0.2) is 42.5 Å². The van der Waals surface area contributed by atoms with Crippen LogP contribution < -0.4 is 5.32 Å². The molecule has 4 atom stereocenters. The Balaban J connectivity index is 1.64. The van der Waals surface area contributed by atoms with Gasteiger partial charge in [0.1, 0.15) is 5.82 Å². The van der Waals surface area contributed by atoms with Crippen LogP contribution in [-0.4, -0.2) is 49.9 Å². The van der Waals surface area contributed by atoms with Crippen molar-refractivity contribution >= 4 is 5.91 Å². The maximum Gasteiger partial charge on any atom is 0.416 e. The number of alkyl halides is 6. The fourth-order valence-electron chi connectivity index (χ4n) is 4.90. The van der Waals surface area contributed by atoms with Crippen LogP contribution in [0.4, 0.5) is 30.7 Å². The first kappa shape index (κ1) is 28.3. The highest BCUT2D eigenvalue weighted by Crippen LogP contribution is 2.41. The number of hydrogen-bond donors (Lipinski definition) is 1. The summed E-state index contributed by atoms with van der Waals surface area (Å²) in [6.45, 7) is 3.20. The normalized spacial score (nSPS) is 23.9. The van der Waals surface area contributed by atoms with E-state index in [2.05, 4.69) is 5.32 Å².